The van der Waals surface area contributed by atoms with E-state index in [1.165, 1.54) is 6.08 Å². The van der Waals surface area contributed by atoms with Crippen molar-refractivity contribution < 1.29 is 30.0 Å². The fourth-order valence-electron chi connectivity index (χ4n) is 1.95. The largest absolute Gasteiger partial charge is 0.480 e. The van der Waals surface area contributed by atoms with Crippen LogP contribution in [0.4, 0.5) is 0 Å². The van der Waals surface area contributed by atoms with Gasteiger partial charge in [0.05, 0.1) is 12.6 Å². The second kappa shape index (κ2) is 6.55. The van der Waals surface area contributed by atoms with Crippen LogP contribution in [-0.4, -0.2) is 63.3 Å². The molecule has 1 heterocycles. The van der Waals surface area contributed by atoms with Gasteiger partial charge in [0.1, 0.15) is 18.3 Å². The van der Waals surface area contributed by atoms with Gasteiger partial charge < -0.3 is 36.6 Å². The van der Waals surface area contributed by atoms with E-state index in [4.69, 9.17) is 26.4 Å². The maximum absolute atomic E-state index is 11.0. The summed E-state index contributed by atoms with van der Waals surface area (Å²) in [7, 11) is 0. The Morgan fingerprint density at radius 2 is 2.10 bits per heavy atom. The summed E-state index contributed by atoms with van der Waals surface area (Å²) in [6, 6.07) is -0.717. The van der Waals surface area contributed by atoms with Crippen molar-refractivity contribution in [3.8, 4) is 0 Å². The van der Waals surface area contributed by atoms with Crippen LogP contribution < -0.4 is 11.5 Å². The van der Waals surface area contributed by atoms with Crippen LogP contribution in [0.2, 0.25) is 0 Å². The van der Waals surface area contributed by atoms with E-state index in [1.54, 1.807) is 6.92 Å². The number of ether oxygens (including phenoxy) is 1. The molecule has 1 aliphatic heterocycles. The Bertz CT molecular complexity index is 420. The van der Waals surface area contributed by atoms with Crippen LogP contribution in [0.15, 0.2) is 16.8 Å². The van der Waals surface area contributed by atoms with Crippen LogP contribution in [-0.2, 0) is 9.53 Å². The molecular weight excluding hydrogens is 270 g/mol. The second-order valence-electron chi connectivity index (χ2n) is 4.56. The van der Waals surface area contributed by atoms with Gasteiger partial charge in [0.15, 0.2) is 5.96 Å². The summed E-state index contributed by atoms with van der Waals surface area (Å²) in [4.78, 5) is 14.9. The van der Waals surface area contributed by atoms with Crippen molar-refractivity contribution in [2.24, 2.45) is 22.4 Å². The highest BCUT2D eigenvalue weighted by Gasteiger charge is 2.40. The van der Waals surface area contributed by atoms with Crippen molar-refractivity contribution in [3.05, 3.63) is 11.8 Å². The normalized spacial score (nSPS) is 28.8. The van der Waals surface area contributed by atoms with Crippen LogP contribution >= 0.6 is 0 Å². The lowest BCUT2D eigenvalue weighted by molar-refractivity contribution is -0.146. The first-order valence-electron chi connectivity index (χ1n) is 5.95. The SMILES string of the molecule is CC1C(N=C(N)N)C=C(C(=O)O)OC1C(O)C(O)CO. The molecule has 8 N–H and O–H groups in total. The quantitative estimate of drug-likeness (QED) is 0.235. The van der Waals surface area contributed by atoms with E-state index in [9.17, 15) is 15.0 Å². The number of nitrogens with two attached hydrogens (primary N) is 2. The summed E-state index contributed by atoms with van der Waals surface area (Å²) in [5.41, 5.74) is 10.5. The highest BCUT2D eigenvalue weighted by Crippen LogP contribution is 2.28. The van der Waals surface area contributed by atoms with E-state index in [-0.39, 0.29) is 5.96 Å². The van der Waals surface area contributed by atoms with Crippen molar-refractivity contribution in [1.82, 2.24) is 0 Å². The lowest BCUT2D eigenvalue weighted by atomic mass is 9.88. The molecule has 1 rings (SSSR count). The number of aliphatic hydroxyl groups is 3. The topological polar surface area (TPSA) is 172 Å². The molecule has 0 radical (unpaired) electrons. The number of aliphatic hydroxyl groups excluding tert-OH is 3. The van der Waals surface area contributed by atoms with Crippen molar-refractivity contribution >= 4 is 11.9 Å². The number of aliphatic imine (C=N–C) groups is 1. The third-order valence-electron chi connectivity index (χ3n) is 3.07. The fraction of sp³-hybridized carbons (Fsp3) is 0.636. The van der Waals surface area contributed by atoms with Gasteiger partial charge in [-0.15, -0.1) is 0 Å². The van der Waals surface area contributed by atoms with Crippen molar-refractivity contribution in [1.29, 1.82) is 0 Å². The van der Waals surface area contributed by atoms with Crippen LogP contribution in [0.5, 0.6) is 0 Å². The molecule has 0 aromatic rings. The zero-order valence-corrected chi connectivity index (χ0v) is 10.9. The van der Waals surface area contributed by atoms with Crippen LogP contribution in [0.25, 0.3) is 0 Å². The van der Waals surface area contributed by atoms with Gasteiger partial charge >= 0.3 is 5.97 Å². The van der Waals surface area contributed by atoms with E-state index < -0.39 is 48.6 Å². The number of aliphatic carboxylic acids is 1. The molecule has 9 nitrogen and oxygen atoms in total. The number of carboxylic acids is 1. The number of hydrogen-bond acceptors (Lipinski definition) is 6. The molecule has 0 fully saturated rings. The first-order valence-corrected chi connectivity index (χ1v) is 5.95. The molecule has 0 bridgehead atoms. The molecule has 0 saturated heterocycles. The van der Waals surface area contributed by atoms with Crippen LogP contribution in [0.3, 0.4) is 0 Å². The van der Waals surface area contributed by atoms with Gasteiger partial charge in [-0.1, -0.05) is 6.92 Å². The molecule has 0 aromatic carbocycles. The number of carboxylic acid groups (broad SMARTS) is 1. The molecular formula is C11H19N3O6. The zero-order valence-electron chi connectivity index (χ0n) is 10.9. The molecule has 9 heteroatoms. The molecule has 0 amide bonds. The minimum atomic E-state index is -1.48. The van der Waals surface area contributed by atoms with Gasteiger partial charge in [-0.3, -0.25) is 0 Å². The second-order valence-corrected chi connectivity index (χ2v) is 4.56. The first kappa shape index (κ1) is 16.2. The third-order valence-corrected chi connectivity index (χ3v) is 3.07. The van der Waals surface area contributed by atoms with Crippen LogP contribution in [0, 0.1) is 5.92 Å². The van der Waals surface area contributed by atoms with E-state index >= 15 is 0 Å². The van der Waals surface area contributed by atoms with Gasteiger partial charge in [0.2, 0.25) is 5.76 Å². The van der Waals surface area contributed by atoms with Crippen LogP contribution in [0.1, 0.15) is 6.92 Å². The number of hydrogen-bond donors (Lipinski definition) is 6. The minimum Gasteiger partial charge on any atom is -0.480 e. The van der Waals surface area contributed by atoms with Gasteiger partial charge in [0, 0.05) is 5.92 Å². The minimum absolute atomic E-state index is 0.235. The number of rotatable bonds is 5. The maximum atomic E-state index is 11.0. The zero-order chi connectivity index (χ0) is 15.4. The summed E-state index contributed by atoms with van der Waals surface area (Å²) in [6.45, 7) is 0.942. The smallest absolute Gasteiger partial charge is 0.370 e. The van der Waals surface area contributed by atoms with Crippen molar-refractivity contribution in [3.63, 3.8) is 0 Å². The first-order chi connectivity index (χ1) is 9.27. The molecule has 0 spiro atoms. The Kier molecular flexibility index (Phi) is 5.31. The maximum Gasteiger partial charge on any atom is 0.370 e. The van der Waals surface area contributed by atoms with Crippen molar-refractivity contribution in [2.75, 3.05) is 6.61 Å². The molecule has 0 saturated carbocycles. The Morgan fingerprint density at radius 1 is 1.50 bits per heavy atom. The van der Waals surface area contributed by atoms with Gasteiger partial charge in [0.25, 0.3) is 0 Å². The third kappa shape index (κ3) is 3.59. The standard InChI is InChI=1S/C11H19N3O6/c1-4-5(14-11(12)13)2-7(10(18)19)20-9(4)8(17)6(16)3-15/h2,4-6,8-9,15-17H,3H2,1H3,(H,18,19)(H4,12,13,14). The molecule has 20 heavy (non-hydrogen) atoms. The Labute approximate surface area is 115 Å². The van der Waals surface area contributed by atoms with E-state index in [2.05, 4.69) is 4.99 Å². The number of nitrogens with zero attached hydrogens (tertiary/aromatic N) is 1. The van der Waals surface area contributed by atoms with Gasteiger partial charge in [-0.05, 0) is 6.08 Å². The fourth-order valence-corrected chi connectivity index (χ4v) is 1.95. The van der Waals surface area contributed by atoms with Gasteiger partial charge in [-0.2, -0.15) is 0 Å². The molecule has 5 atom stereocenters. The monoisotopic (exact) mass is 289 g/mol. The van der Waals surface area contributed by atoms with Gasteiger partial charge in [-0.25, -0.2) is 9.79 Å². The predicted octanol–water partition coefficient (Wildman–Crippen LogP) is -2.65. The van der Waals surface area contributed by atoms with E-state index in [1.807, 2.05) is 0 Å². The van der Waals surface area contributed by atoms with E-state index in [0.29, 0.717) is 0 Å². The summed E-state index contributed by atoms with van der Waals surface area (Å²) in [5, 5.41) is 37.2. The summed E-state index contributed by atoms with van der Waals surface area (Å²) in [6.07, 6.45) is -2.78. The summed E-state index contributed by atoms with van der Waals surface area (Å²) >= 11 is 0. The summed E-state index contributed by atoms with van der Waals surface area (Å²) in [5.74, 6) is -2.51. The molecule has 1 aliphatic rings. The Balaban J connectivity index is 3.07. The average molecular weight is 289 g/mol. The Morgan fingerprint density at radius 3 is 2.55 bits per heavy atom. The average Bonchev–Trinajstić information content (AvgIpc) is 2.38. The molecule has 114 valence electrons. The van der Waals surface area contributed by atoms with Crippen molar-refractivity contribution in [2.45, 2.75) is 31.3 Å². The molecule has 0 aliphatic carbocycles. The highest BCUT2D eigenvalue weighted by molar-refractivity contribution is 5.85. The number of carbonyl (C=O) groups is 1. The number of guanidine groups is 1. The predicted molar refractivity (Wildman–Crippen MR) is 68.5 cm³/mol. The van der Waals surface area contributed by atoms with E-state index in [0.717, 1.165) is 0 Å². The summed E-state index contributed by atoms with van der Waals surface area (Å²) < 4.78 is 5.15. The molecule has 0 aromatic heterocycles. The lowest BCUT2D eigenvalue weighted by Gasteiger charge is -2.36. The lowest BCUT2D eigenvalue weighted by Crippen LogP contribution is -2.49. The highest BCUT2D eigenvalue weighted by atomic mass is 16.5. The Hall–Kier alpha value is -1.84. The molecule has 5 unspecified atom stereocenters.